The number of aromatic carboxylic acids is 1. The fraction of sp³-hybridized carbons (Fsp3) is 0.333. The highest BCUT2D eigenvalue weighted by atomic mass is 16.5. The van der Waals surface area contributed by atoms with Crippen LogP contribution in [-0.2, 0) is 17.8 Å². The maximum atomic E-state index is 12.9. The predicted molar refractivity (Wildman–Crippen MR) is 114 cm³/mol. The van der Waals surface area contributed by atoms with E-state index in [1.165, 1.54) is 0 Å². The summed E-state index contributed by atoms with van der Waals surface area (Å²) >= 11 is 0. The van der Waals surface area contributed by atoms with Gasteiger partial charge < -0.3 is 19.9 Å². The minimum absolute atomic E-state index is 0.0612. The Hall–Kier alpha value is -3.28. The van der Waals surface area contributed by atoms with E-state index < -0.39 is 5.97 Å². The van der Waals surface area contributed by atoms with Crippen molar-refractivity contribution in [1.82, 2.24) is 5.32 Å². The third-order valence-corrected chi connectivity index (χ3v) is 5.40. The first-order valence-corrected chi connectivity index (χ1v) is 10.0. The molecular weight excluding hydrogens is 382 g/mol. The first-order valence-electron chi connectivity index (χ1n) is 10.0. The van der Waals surface area contributed by atoms with E-state index in [-0.39, 0.29) is 11.5 Å². The summed E-state index contributed by atoms with van der Waals surface area (Å²) in [5, 5.41) is 12.0. The van der Waals surface area contributed by atoms with Gasteiger partial charge in [-0.2, -0.15) is 0 Å². The lowest BCUT2D eigenvalue weighted by Gasteiger charge is -2.21. The average molecular weight is 409 g/mol. The number of rotatable bonds is 8. The molecule has 0 fully saturated rings. The summed E-state index contributed by atoms with van der Waals surface area (Å²) in [4.78, 5) is 23.9. The van der Waals surface area contributed by atoms with Crippen LogP contribution in [0.5, 0.6) is 11.5 Å². The predicted octanol–water partition coefficient (Wildman–Crippen LogP) is 4.13. The molecule has 1 aliphatic carbocycles. The van der Waals surface area contributed by atoms with Gasteiger partial charge in [0.05, 0.1) is 19.8 Å². The van der Waals surface area contributed by atoms with Gasteiger partial charge in [-0.3, -0.25) is 4.79 Å². The molecule has 30 heavy (non-hydrogen) atoms. The van der Waals surface area contributed by atoms with Crippen LogP contribution in [-0.4, -0.2) is 31.2 Å². The molecule has 2 aromatic rings. The highest BCUT2D eigenvalue weighted by Gasteiger charge is 2.21. The molecule has 0 atom stereocenters. The third kappa shape index (κ3) is 5.00. The van der Waals surface area contributed by atoms with Crippen molar-refractivity contribution in [2.24, 2.45) is 0 Å². The van der Waals surface area contributed by atoms with Gasteiger partial charge in [0.15, 0.2) is 11.5 Å². The first kappa shape index (κ1) is 21.4. The second kappa shape index (κ2) is 9.96. The summed E-state index contributed by atoms with van der Waals surface area (Å²) in [6, 6.07) is 12.3. The van der Waals surface area contributed by atoms with Crippen molar-refractivity contribution in [1.29, 1.82) is 0 Å². The van der Waals surface area contributed by atoms with Crippen LogP contribution in [0.2, 0.25) is 0 Å². The van der Waals surface area contributed by atoms with Crippen molar-refractivity contribution in [3.63, 3.8) is 0 Å². The summed E-state index contributed by atoms with van der Waals surface area (Å²) in [5.74, 6) is 0.364. The first-order chi connectivity index (χ1) is 14.5. The highest BCUT2D eigenvalue weighted by Crippen LogP contribution is 2.35. The molecule has 0 unspecified atom stereocenters. The number of hydrogen-bond donors (Lipinski definition) is 2. The van der Waals surface area contributed by atoms with Crippen molar-refractivity contribution in [2.45, 2.75) is 38.6 Å². The monoisotopic (exact) mass is 409 g/mol. The minimum Gasteiger partial charge on any atom is -0.493 e. The molecule has 1 amide bonds. The van der Waals surface area contributed by atoms with Crippen molar-refractivity contribution in [2.75, 3.05) is 14.2 Å². The van der Waals surface area contributed by atoms with Crippen LogP contribution in [0.25, 0.3) is 0 Å². The molecule has 2 N–H and O–H groups in total. The standard InChI is InChI=1S/C24H27NO5/c1-29-21-9-5-7-19(22(21)30-2)14-18-6-3-4-8-20(18)23(26)25-15-16-10-12-17(13-11-16)24(27)28/h5,7,9-13H,3-4,6,8,14-15H2,1-2H3,(H,25,26)(H,27,28). The number of carbonyl (C=O) groups excluding carboxylic acids is 1. The smallest absolute Gasteiger partial charge is 0.335 e. The van der Waals surface area contributed by atoms with Crippen molar-refractivity contribution < 1.29 is 24.2 Å². The highest BCUT2D eigenvalue weighted by molar-refractivity contribution is 5.94. The van der Waals surface area contributed by atoms with Crippen LogP contribution in [0.3, 0.4) is 0 Å². The number of allylic oxidation sites excluding steroid dienone is 1. The third-order valence-electron chi connectivity index (χ3n) is 5.40. The Bertz CT molecular complexity index is 947. The number of benzene rings is 2. The molecule has 0 saturated carbocycles. The summed E-state index contributed by atoms with van der Waals surface area (Å²) in [7, 11) is 3.24. The van der Waals surface area contributed by atoms with Crippen LogP contribution >= 0.6 is 0 Å². The van der Waals surface area contributed by atoms with E-state index in [1.807, 2.05) is 18.2 Å². The summed E-state index contributed by atoms with van der Waals surface area (Å²) in [5.41, 5.74) is 4.07. The molecular formula is C24H27NO5. The number of carboxylic acids is 1. The number of para-hydroxylation sites is 1. The van der Waals surface area contributed by atoms with E-state index in [0.717, 1.165) is 48.0 Å². The number of methoxy groups -OCH3 is 2. The zero-order chi connectivity index (χ0) is 21.5. The van der Waals surface area contributed by atoms with E-state index >= 15 is 0 Å². The topological polar surface area (TPSA) is 84.9 Å². The summed E-state index contributed by atoms with van der Waals surface area (Å²) in [6.45, 7) is 0.359. The Morgan fingerprint density at radius 2 is 1.73 bits per heavy atom. The molecule has 0 bridgehead atoms. The number of carboxylic acid groups (broad SMARTS) is 1. The van der Waals surface area contributed by atoms with E-state index in [2.05, 4.69) is 5.32 Å². The van der Waals surface area contributed by atoms with Gasteiger partial charge in [0, 0.05) is 17.7 Å². The number of hydrogen-bond acceptors (Lipinski definition) is 4. The van der Waals surface area contributed by atoms with Crippen molar-refractivity contribution in [3.05, 3.63) is 70.3 Å². The van der Waals surface area contributed by atoms with Gasteiger partial charge in [-0.1, -0.05) is 29.8 Å². The van der Waals surface area contributed by atoms with Gasteiger partial charge in [-0.25, -0.2) is 4.79 Å². The molecule has 3 rings (SSSR count). The maximum absolute atomic E-state index is 12.9. The summed E-state index contributed by atoms with van der Waals surface area (Å²) < 4.78 is 10.9. The van der Waals surface area contributed by atoms with Gasteiger partial charge in [-0.15, -0.1) is 0 Å². The molecule has 6 heteroatoms. The molecule has 0 aliphatic heterocycles. The zero-order valence-electron chi connectivity index (χ0n) is 17.4. The Kier molecular flexibility index (Phi) is 7.12. The van der Waals surface area contributed by atoms with E-state index in [1.54, 1.807) is 38.5 Å². The lowest BCUT2D eigenvalue weighted by molar-refractivity contribution is -0.118. The van der Waals surface area contributed by atoms with Gasteiger partial charge in [-0.05, 0) is 55.9 Å². The molecule has 0 saturated heterocycles. The Morgan fingerprint density at radius 3 is 2.40 bits per heavy atom. The molecule has 1 aliphatic rings. The van der Waals surface area contributed by atoms with Gasteiger partial charge >= 0.3 is 5.97 Å². The van der Waals surface area contributed by atoms with Crippen molar-refractivity contribution >= 4 is 11.9 Å². The van der Waals surface area contributed by atoms with Crippen LogP contribution in [0.15, 0.2) is 53.6 Å². The molecule has 0 radical (unpaired) electrons. The van der Waals surface area contributed by atoms with Crippen LogP contribution in [0.4, 0.5) is 0 Å². The van der Waals surface area contributed by atoms with Gasteiger partial charge in [0.25, 0.3) is 0 Å². The number of amides is 1. The summed E-state index contributed by atoms with van der Waals surface area (Å²) in [6.07, 6.45) is 4.35. The number of carbonyl (C=O) groups is 2. The fourth-order valence-corrected chi connectivity index (χ4v) is 3.81. The van der Waals surface area contributed by atoms with Crippen LogP contribution < -0.4 is 14.8 Å². The molecule has 158 valence electrons. The molecule has 0 heterocycles. The molecule has 6 nitrogen and oxygen atoms in total. The van der Waals surface area contributed by atoms with Crippen LogP contribution in [0.1, 0.15) is 47.2 Å². The molecule has 2 aromatic carbocycles. The lowest BCUT2D eigenvalue weighted by atomic mass is 9.87. The number of nitrogens with one attached hydrogen (secondary N) is 1. The van der Waals surface area contributed by atoms with E-state index in [9.17, 15) is 9.59 Å². The number of ether oxygens (including phenoxy) is 2. The normalized spacial score (nSPS) is 13.7. The molecule has 0 aromatic heterocycles. The quantitative estimate of drug-likeness (QED) is 0.685. The lowest BCUT2D eigenvalue weighted by Crippen LogP contribution is -2.27. The largest absolute Gasteiger partial charge is 0.493 e. The van der Waals surface area contributed by atoms with Crippen LogP contribution in [0, 0.1) is 0 Å². The van der Waals surface area contributed by atoms with E-state index in [0.29, 0.717) is 24.5 Å². The van der Waals surface area contributed by atoms with E-state index in [4.69, 9.17) is 14.6 Å². The average Bonchev–Trinajstić information content (AvgIpc) is 2.77. The SMILES string of the molecule is COc1cccc(CC2=C(C(=O)NCc3ccc(C(=O)O)cc3)CCCC2)c1OC. The molecule has 0 spiro atoms. The Balaban J connectivity index is 1.75. The zero-order valence-corrected chi connectivity index (χ0v) is 17.4. The van der Waals surface area contributed by atoms with Gasteiger partial charge in [0.2, 0.25) is 5.91 Å². The van der Waals surface area contributed by atoms with Crippen molar-refractivity contribution in [3.8, 4) is 11.5 Å². The Labute approximate surface area is 176 Å². The second-order valence-corrected chi connectivity index (χ2v) is 7.30. The minimum atomic E-state index is -0.962. The fourth-order valence-electron chi connectivity index (χ4n) is 3.81. The Morgan fingerprint density at radius 1 is 1.00 bits per heavy atom. The maximum Gasteiger partial charge on any atom is 0.335 e. The second-order valence-electron chi connectivity index (χ2n) is 7.30. The van der Waals surface area contributed by atoms with Gasteiger partial charge in [0.1, 0.15) is 0 Å².